The number of hydrogen-bond donors (Lipinski definition) is 2. The number of hydrogen-bond acceptors (Lipinski definition) is 4. The van der Waals surface area contributed by atoms with E-state index < -0.39 is 10.0 Å². The van der Waals surface area contributed by atoms with Crippen molar-refractivity contribution < 1.29 is 17.9 Å². The van der Waals surface area contributed by atoms with Gasteiger partial charge in [-0.3, -0.25) is 9.52 Å². The molecule has 0 spiro atoms. The number of nitrogens with one attached hydrogen (secondary N) is 2. The zero-order valence-electron chi connectivity index (χ0n) is 18.5. The molecule has 0 fully saturated rings. The maximum absolute atomic E-state index is 12.4. The summed E-state index contributed by atoms with van der Waals surface area (Å²) in [6.07, 6.45) is 0. The van der Waals surface area contributed by atoms with Gasteiger partial charge in [-0.1, -0.05) is 57.2 Å². The molecule has 3 aromatic carbocycles. The normalized spacial score (nSPS) is 11.6. The summed E-state index contributed by atoms with van der Waals surface area (Å²) in [6.45, 7) is 7.06. The minimum Gasteiger partial charge on any atom is -0.491 e. The molecule has 0 radical (unpaired) electrons. The maximum Gasteiger partial charge on any atom is 0.261 e. The molecule has 0 unspecified atom stereocenters. The van der Waals surface area contributed by atoms with Crippen LogP contribution in [0.15, 0.2) is 83.8 Å². The minimum absolute atomic E-state index is 0.0381. The largest absolute Gasteiger partial charge is 0.491 e. The van der Waals surface area contributed by atoms with E-state index in [1.54, 1.807) is 42.5 Å². The highest BCUT2D eigenvalue weighted by Gasteiger charge is 2.18. The lowest BCUT2D eigenvalue weighted by molar-refractivity contribution is 0.0947. The Hall–Kier alpha value is -3.32. The van der Waals surface area contributed by atoms with Gasteiger partial charge in [0.25, 0.3) is 15.9 Å². The van der Waals surface area contributed by atoms with Gasteiger partial charge in [-0.05, 0) is 53.4 Å². The molecule has 2 N–H and O–H groups in total. The molecular formula is C25H28N2O4S. The van der Waals surface area contributed by atoms with Crippen LogP contribution in [0.2, 0.25) is 0 Å². The third-order valence-corrected chi connectivity index (χ3v) is 6.19. The van der Waals surface area contributed by atoms with E-state index in [1.165, 1.54) is 12.1 Å². The van der Waals surface area contributed by atoms with Gasteiger partial charge in [0, 0.05) is 11.3 Å². The van der Waals surface area contributed by atoms with E-state index in [9.17, 15) is 13.2 Å². The number of carbonyl (C=O) groups excluding carboxylic acids is 1. The first kappa shape index (κ1) is 23.3. The number of ether oxygens (including phenoxy) is 1. The molecule has 0 aliphatic rings. The number of benzene rings is 3. The molecule has 0 saturated carbocycles. The summed E-state index contributed by atoms with van der Waals surface area (Å²) in [7, 11) is -3.67. The van der Waals surface area contributed by atoms with Crippen LogP contribution in [0.3, 0.4) is 0 Å². The Bertz CT molecular complexity index is 1150. The number of sulfonamides is 1. The average Bonchev–Trinajstić information content (AvgIpc) is 2.77. The van der Waals surface area contributed by atoms with Crippen LogP contribution in [0.25, 0.3) is 0 Å². The molecule has 32 heavy (non-hydrogen) atoms. The lowest BCUT2D eigenvalue weighted by Crippen LogP contribution is -2.28. The summed E-state index contributed by atoms with van der Waals surface area (Å²) in [5, 5.41) is 2.82. The Labute approximate surface area is 189 Å². The monoisotopic (exact) mass is 452 g/mol. The van der Waals surface area contributed by atoms with Crippen molar-refractivity contribution in [3.8, 4) is 5.75 Å². The molecule has 0 aromatic heterocycles. The van der Waals surface area contributed by atoms with E-state index in [2.05, 4.69) is 30.8 Å². The van der Waals surface area contributed by atoms with Gasteiger partial charge < -0.3 is 10.1 Å². The number of anilines is 1. The molecule has 1 amide bonds. The fourth-order valence-corrected chi connectivity index (χ4v) is 4.22. The lowest BCUT2D eigenvalue weighted by atomic mass is 9.86. The van der Waals surface area contributed by atoms with Crippen LogP contribution < -0.4 is 14.8 Å². The fraction of sp³-hybridized carbons (Fsp3) is 0.240. The number of amides is 1. The summed E-state index contributed by atoms with van der Waals surface area (Å²) in [5.74, 6) is 0.555. The summed E-state index contributed by atoms with van der Waals surface area (Å²) in [6, 6.07) is 22.3. The van der Waals surface area contributed by atoms with Gasteiger partial charge in [0.15, 0.2) is 0 Å². The van der Waals surface area contributed by atoms with Gasteiger partial charge in [0.1, 0.15) is 12.4 Å². The first-order chi connectivity index (χ1) is 15.2. The first-order valence-corrected chi connectivity index (χ1v) is 11.8. The van der Waals surface area contributed by atoms with Gasteiger partial charge in [-0.2, -0.15) is 0 Å². The first-order valence-electron chi connectivity index (χ1n) is 10.4. The van der Waals surface area contributed by atoms with Crippen LogP contribution >= 0.6 is 0 Å². The fourth-order valence-electron chi connectivity index (χ4n) is 3.14. The number of carbonyl (C=O) groups is 1. The van der Waals surface area contributed by atoms with Gasteiger partial charge in [0.2, 0.25) is 0 Å². The number of para-hydroxylation sites is 1. The topological polar surface area (TPSA) is 84.5 Å². The highest BCUT2D eigenvalue weighted by molar-refractivity contribution is 7.92. The van der Waals surface area contributed by atoms with E-state index in [0.717, 1.165) is 11.3 Å². The van der Waals surface area contributed by atoms with Crippen molar-refractivity contribution >= 4 is 21.6 Å². The smallest absolute Gasteiger partial charge is 0.261 e. The molecular weight excluding hydrogens is 424 g/mol. The predicted octanol–water partition coefficient (Wildman–Crippen LogP) is 4.59. The third-order valence-electron chi connectivity index (χ3n) is 4.79. The second-order valence-electron chi connectivity index (χ2n) is 8.35. The molecule has 3 aromatic rings. The van der Waals surface area contributed by atoms with Crippen molar-refractivity contribution in [2.45, 2.75) is 31.1 Å². The Morgan fingerprint density at radius 3 is 2.16 bits per heavy atom. The Morgan fingerprint density at radius 1 is 0.875 bits per heavy atom. The van der Waals surface area contributed by atoms with Crippen LogP contribution in [0.5, 0.6) is 5.75 Å². The molecule has 6 nitrogen and oxygen atoms in total. The standard InChI is InChI=1S/C25H28N2O4S/c1-25(2,3)22-11-7-8-12-23(22)31-18-17-26-24(28)19-13-15-20(16-14-19)27-32(29,30)21-9-5-4-6-10-21/h4-16,27H,17-18H2,1-3H3,(H,26,28). The van der Waals surface area contributed by atoms with Gasteiger partial charge in [0.05, 0.1) is 11.4 Å². The van der Waals surface area contributed by atoms with Crippen LogP contribution in [0.4, 0.5) is 5.69 Å². The van der Waals surface area contributed by atoms with Gasteiger partial charge in [-0.25, -0.2) is 8.42 Å². The van der Waals surface area contributed by atoms with Crippen LogP contribution in [0.1, 0.15) is 36.7 Å². The molecule has 3 rings (SSSR count). The van der Waals surface area contributed by atoms with E-state index in [1.807, 2.05) is 24.3 Å². The quantitative estimate of drug-likeness (QED) is 0.490. The van der Waals surface area contributed by atoms with Crippen LogP contribution in [0, 0.1) is 0 Å². The SMILES string of the molecule is CC(C)(C)c1ccccc1OCCNC(=O)c1ccc(NS(=O)(=O)c2ccccc2)cc1. The van der Waals surface area contributed by atoms with E-state index >= 15 is 0 Å². The maximum atomic E-state index is 12.4. The second kappa shape index (κ2) is 9.87. The van der Waals surface area contributed by atoms with Crippen molar-refractivity contribution in [1.82, 2.24) is 5.32 Å². The van der Waals surface area contributed by atoms with E-state index in [4.69, 9.17) is 4.74 Å². The molecule has 168 valence electrons. The van der Waals surface area contributed by atoms with Crippen LogP contribution in [-0.2, 0) is 15.4 Å². The summed E-state index contributed by atoms with van der Waals surface area (Å²) < 4.78 is 33.2. The highest BCUT2D eigenvalue weighted by Crippen LogP contribution is 2.30. The molecule has 7 heteroatoms. The number of rotatable bonds is 8. The lowest BCUT2D eigenvalue weighted by Gasteiger charge is -2.22. The minimum atomic E-state index is -3.67. The highest BCUT2D eigenvalue weighted by atomic mass is 32.2. The van der Waals surface area contributed by atoms with E-state index in [-0.39, 0.29) is 16.2 Å². The molecule has 0 bridgehead atoms. The summed E-state index contributed by atoms with van der Waals surface area (Å²) >= 11 is 0. The zero-order valence-corrected chi connectivity index (χ0v) is 19.3. The Kier molecular flexibility index (Phi) is 7.20. The molecule has 0 atom stereocenters. The summed E-state index contributed by atoms with van der Waals surface area (Å²) in [5.41, 5.74) is 1.89. The predicted molar refractivity (Wildman–Crippen MR) is 127 cm³/mol. The van der Waals surface area contributed by atoms with Crippen LogP contribution in [-0.4, -0.2) is 27.5 Å². The average molecular weight is 453 g/mol. The summed E-state index contributed by atoms with van der Waals surface area (Å²) in [4.78, 5) is 12.6. The van der Waals surface area contributed by atoms with Gasteiger partial charge >= 0.3 is 0 Å². The second-order valence-corrected chi connectivity index (χ2v) is 10.0. The molecule has 0 aliphatic carbocycles. The van der Waals surface area contributed by atoms with Crippen molar-refractivity contribution in [3.63, 3.8) is 0 Å². The van der Waals surface area contributed by atoms with Crippen molar-refractivity contribution in [3.05, 3.63) is 90.0 Å². The molecule has 0 aliphatic heterocycles. The zero-order chi connectivity index (χ0) is 23.2. The Balaban J connectivity index is 1.53. The van der Waals surface area contributed by atoms with Gasteiger partial charge in [-0.15, -0.1) is 0 Å². The van der Waals surface area contributed by atoms with Crippen molar-refractivity contribution in [2.75, 3.05) is 17.9 Å². The van der Waals surface area contributed by atoms with Crippen molar-refractivity contribution in [1.29, 1.82) is 0 Å². The van der Waals surface area contributed by atoms with Crippen molar-refractivity contribution in [2.24, 2.45) is 0 Å². The Morgan fingerprint density at radius 2 is 1.50 bits per heavy atom. The molecule has 0 saturated heterocycles. The van der Waals surface area contributed by atoms with E-state index in [0.29, 0.717) is 24.4 Å². The third kappa shape index (κ3) is 6.11. The molecule has 0 heterocycles.